The third-order valence-electron chi connectivity index (χ3n) is 10.2. The van der Waals surface area contributed by atoms with Crippen molar-refractivity contribution in [3.63, 3.8) is 0 Å². The van der Waals surface area contributed by atoms with Gasteiger partial charge in [0.05, 0.1) is 6.10 Å². The van der Waals surface area contributed by atoms with E-state index in [2.05, 4.69) is 9.80 Å². The summed E-state index contributed by atoms with van der Waals surface area (Å²) in [6, 6.07) is 4.89. The summed E-state index contributed by atoms with van der Waals surface area (Å²) in [4.78, 5) is 56.7. The smallest absolute Gasteiger partial charge is 0.410 e. The van der Waals surface area contributed by atoms with Gasteiger partial charge in [-0.05, 0) is 87.2 Å². The van der Waals surface area contributed by atoms with E-state index in [1.165, 1.54) is 12.1 Å². The van der Waals surface area contributed by atoms with Crippen LogP contribution in [-0.2, 0) is 19.1 Å². The van der Waals surface area contributed by atoms with Gasteiger partial charge in [-0.15, -0.1) is 0 Å². The van der Waals surface area contributed by atoms with Crippen LogP contribution < -0.4 is 4.90 Å². The van der Waals surface area contributed by atoms with Crippen molar-refractivity contribution < 1.29 is 33.4 Å². The first-order valence-corrected chi connectivity index (χ1v) is 17.9. The Balaban J connectivity index is 1.42. The molecule has 49 heavy (non-hydrogen) atoms. The van der Waals surface area contributed by atoms with Crippen molar-refractivity contribution in [3.8, 4) is 0 Å². The van der Waals surface area contributed by atoms with Gasteiger partial charge in [-0.3, -0.25) is 4.79 Å². The average Bonchev–Trinajstić information content (AvgIpc) is 3.90. The number of aldehydes is 2. The van der Waals surface area contributed by atoms with Gasteiger partial charge < -0.3 is 39.0 Å². The zero-order valence-electron chi connectivity index (χ0n) is 29.6. The summed E-state index contributed by atoms with van der Waals surface area (Å²) >= 11 is 0. The number of carbonyl (C=O) groups excluding carboxylic acids is 4. The van der Waals surface area contributed by atoms with E-state index in [0.717, 1.165) is 43.5 Å². The number of nitrogens with zero attached hydrogens (tertiary/aromatic N) is 4. The van der Waals surface area contributed by atoms with E-state index in [-0.39, 0.29) is 30.0 Å². The molecule has 5 atom stereocenters. The highest BCUT2D eigenvalue weighted by Crippen LogP contribution is 2.33. The Morgan fingerprint density at radius 2 is 1.63 bits per heavy atom. The molecule has 2 amide bonds. The second kappa shape index (κ2) is 18.4. The van der Waals surface area contributed by atoms with E-state index in [0.29, 0.717) is 76.3 Å². The average molecular weight is 683 g/mol. The Morgan fingerprint density at radius 1 is 0.959 bits per heavy atom. The number of likely N-dealkylation sites (N-methyl/N-ethyl adjacent to an activating group) is 1. The molecule has 0 radical (unpaired) electrons. The molecule has 10 nitrogen and oxygen atoms in total. The highest BCUT2D eigenvalue weighted by Gasteiger charge is 2.29. The van der Waals surface area contributed by atoms with Gasteiger partial charge in [0.1, 0.15) is 24.5 Å². The maximum Gasteiger partial charge on any atom is 0.410 e. The number of hydrogen-bond acceptors (Lipinski definition) is 8. The van der Waals surface area contributed by atoms with Crippen molar-refractivity contribution >= 4 is 36.3 Å². The molecule has 1 saturated carbocycles. The number of aliphatic hydroxyl groups is 1. The third kappa shape index (κ3) is 11.8. The summed E-state index contributed by atoms with van der Waals surface area (Å²) in [5.74, 6) is -0.489. The van der Waals surface area contributed by atoms with Gasteiger partial charge in [-0.1, -0.05) is 31.6 Å². The Labute approximate surface area is 290 Å². The maximum atomic E-state index is 14.8. The fraction of sp³-hybridized carbons (Fsp3) is 0.632. The second-order valence-corrected chi connectivity index (χ2v) is 14.3. The van der Waals surface area contributed by atoms with Crippen LogP contribution in [0, 0.1) is 29.5 Å². The van der Waals surface area contributed by atoms with Crippen molar-refractivity contribution in [3.05, 3.63) is 47.3 Å². The van der Waals surface area contributed by atoms with E-state index in [9.17, 15) is 28.7 Å². The van der Waals surface area contributed by atoms with Crippen LogP contribution >= 0.6 is 0 Å². The number of benzene rings is 1. The van der Waals surface area contributed by atoms with E-state index in [1.807, 2.05) is 57.0 Å². The van der Waals surface area contributed by atoms with Crippen LogP contribution in [-0.4, -0.2) is 116 Å². The normalized spacial score (nSPS) is 20.9. The molecule has 4 rings (SSSR count). The summed E-state index contributed by atoms with van der Waals surface area (Å²) in [6.45, 7) is 10.9. The third-order valence-corrected chi connectivity index (χ3v) is 10.2. The highest BCUT2D eigenvalue weighted by molar-refractivity contribution is 5.77. The molecule has 2 heterocycles. The predicted octanol–water partition coefficient (Wildman–Crippen LogP) is 4.80. The van der Waals surface area contributed by atoms with Gasteiger partial charge in [0.25, 0.3) is 0 Å². The number of aliphatic hydroxyl groups excluding tert-OH is 1. The number of hydrogen-bond donors (Lipinski definition) is 1. The minimum absolute atomic E-state index is 0.0583. The number of allylic oxidation sites excluding steroid dienone is 2. The molecule has 1 aliphatic carbocycles. The van der Waals surface area contributed by atoms with Gasteiger partial charge in [0.2, 0.25) is 5.91 Å². The molecule has 270 valence electrons. The number of anilines is 1. The molecule has 0 bridgehead atoms. The monoisotopic (exact) mass is 682 g/mol. The molecule has 2 saturated heterocycles. The van der Waals surface area contributed by atoms with E-state index in [4.69, 9.17) is 4.74 Å². The number of piperazine rings is 2. The quantitative estimate of drug-likeness (QED) is 0.196. The minimum atomic E-state index is -0.752. The SMILES string of the molecule is C/C(=C\c1cc(F)cc(N2CCN(C(=O)CC3CC3)CC2)c1)[C@@H](C=O)[C@@H](C)/C=C/[C@H](OC(=O)N1CCN(C)CC1)[C@@H](C)CC[C@@H](O)CC=O. The van der Waals surface area contributed by atoms with Crippen LogP contribution in [0.15, 0.2) is 35.9 Å². The van der Waals surface area contributed by atoms with Crippen molar-refractivity contribution in [2.75, 3.05) is 64.3 Å². The van der Waals surface area contributed by atoms with Crippen LogP contribution in [0.1, 0.15) is 64.9 Å². The van der Waals surface area contributed by atoms with Crippen LogP contribution in [0.4, 0.5) is 14.9 Å². The highest BCUT2D eigenvalue weighted by atomic mass is 19.1. The summed E-state index contributed by atoms with van der Waals surface area (Å²) in [5, 5.41) is 10.1. The van der Waals surface area contributed by atoms with Crippen molar-refractivity contribution in [1.82, 2.24) is 14.7 Å². The van der Waals surface area contributed by atoms with Crippen LogP contribution in [0.25, 0.3) is 6.08 Å². The Kier molecular flexibility index (Phi) is 14.4. The molecular weight excluding hydrogens is 627 g/mol. The number of amides is 2. The molecule has 3 fully saturated rings. The Hall–Kier alpha value is -3.57. The largest absolute Gasteiger partial charge is 0.442 e. The topological polar surface area (TPSA) is 111 Å². The molecule has 0 spiro atoms. The van der Waals surface area contributed by atoms with Gasteiger partial charge in [-0.2, -0.15) is 0 Å². The van der Waals surface area contributed by atoms with Crippen LogP contribution in [0.3, 0.4) is 0 Å². The van der Waals surface area contributed by atoms with E-state index in [1.54, 1.807) is 4.90 Å². The maximum absolute atomic E-state index is 14.8. The van der Waals surface area contributed by atoms with Crippen molar-refractivity contribution in [2.45, 2.75) is 71.5 Å². The standard InChI is InChI=1S/C38H55FN4O6/c1-27(6-10-36(28(2)5-9-34(46)11-20-44)49-38(48)43-14-12-40(4)13-15-43)35(26-45)29(3)21-31-22-32(39)25-33(23-31)41-16-18-42(19-17-41)37(47)24-30-7-8-30/h6,10,20-23,25-28,30,34-36,46H,5,7-9,11-19,24H2,1-4H3/b10-6+,29-21+/t27-,28-,34+,35-,36-/m0/s1. The molecule has 1 aromatic carbocycles. The van der Waals surface area contributed by atoms with Crippen molar-refractivity contribution in [2.24, 2.45) is 23.7 Å². The lowest BCUT2D eigenvalue weighted by Crippen LogP contribution is -2.48. The van der Waals surface area contributed by atoms with E-state index >= 15 is 0 Å². The summed E-state index contributed by atoms with van der Waals surface area (Å²) in [7, 11) is 2.01. The molecular formula is C38H55FN4O6. The first-order valence-electron chi connectivity index (χ1n) is 17.9. The second-order valence-electron chi connectivity index (χ2n) is 14.3. The van der Waals surface area contributed by atoms with Gasteiger partial charge in [-0.25, -0.2) is 9.18 Å². The molecule has 3 aliphatic rings. The lowest BCUT2D eigenvalue weighted by Gasteiger charge is -2.36. The number of ether oxygens (including phenoxy) is 1. The zero-order chi connectivity index (χ0) is 35.5. The number of carbonyl (C=O) groups is 4. The van der Waals surface area contributed by atoms with Crippen LogP contribution in [0.5, 0.6) is 0 Å². The van der Waals surface area contributed by atoms with Gasteiger partial charge in [0.15, 0.2) is 0 Å². The molecule has 1 N–H and O–H groups in total. The van der Waals surface area contributed by atoms with Crippen LogP contribution in [0.2, 0.25) is 0 Å². The number of halogens is 1. The fourth-order valence-corrected chi connectivity index (χ4v) is 6.56. The Bertz CT molecular complexity index is 1330. The van der Waals surface area contributed by atoms with Gasteiger partial charge >= 0.3 is 6.09 Å². The molecule has 11 heteroatoms. The fourth-order valence-electron chi connectivity index (χ4n) is 6.56. The number of rotatable bonds is 16. The molecule has 0 aromatic heterocycles. The summed E-state index contributed by atoms with van der Waals surface area (Å²) in [6.07, 6.45) is 9.32. The molecule has 1 aromatic rings. The first kappa shape index (κ1) is 38.2. The zero-order valence-corrected chi connectivity index (χ0v) is 29.6. The predicted molar refractivity (Wildman–Crippen MR) is 188 cm³/mol. The lowest BCUT2D eigenvalue weighted by atomic mass is 9.86. The summed E-state index contributed by atoms with van der Waals surface area (Å²) in [5.41, 5.74) is 2.18. The lowest BCUT2D eigenvalue weighted by molar-refractivity contribution is -0.131. The Morgan fingerprint density at radius 3 is 2.27 bits per heavy atom. The molecule has 0 unspecified atom stereocenters. The molecule has 2 aliphatic heterocycles. The van der Waals surface area contributed by atoms with E-state index < -0.39 is 24.2 Å². The summed E-state index contributed by atoms with van der Waals surface area (Å²) < 4.78 is 20.8. The first-order chi connectivity index (χ1) is 23.5. The minimum Gasteiger partial charge on any atom is -0.442 e. The van der Waals surface area contributed by atoms with Gasteiger partial charge in [0, 0.05) is 76.8 Å². The van der Waals surface area contributed by atoms with Crippen molar-refractivity contribution in [1.29, 1.82) is 0 Å².